The van der Waals surface area contributed by atoms with Crippen LogP contribution in [0.2, 0.25) is 0 Å². The average molecular weight is 262 g/mol. The summed E-state index contributed by atoms with van der Waals surface area (Å²) in [6.07, 6.45) is 11.9. The highest BCUT2D eigenvalue weighted by Crippen LogP contribution is 2.42. The van der Waals surface area contributed by atoms with E-state index in [0.717, 1.165) is 26.1 Å². The van der Waals surface area contributed by atoms with E-state index >= 15 is 0 Å². The normalized spacial score (nSPS) is 35.3. The molecule has 0 radical (unpaired) electrons. The predicted molar refractivity (Wildman–Crippen MR) is 74.7 cm³/mol. The van der Waals surface area contributed by atoms with Crippen LogP contribution in [0.5, 0.6) is 0 Å². The van der Waals surface area contributed by atoms with Gasteiger partial charge in [0, 0.05) is 13.1 Å². The number of hydrogen-bond acceptors (Lipinski definition) is 3. The molecule has 1 spiro atoms. The van der Waals surface area contributed by atoms with E-state index in [-0.39, 0.29) is 11.5 Å². The third-order valence-electron chi connectivity index (χ3n) is 5.25. The highest BCUT2D eigenvalue weighted by Gasteiger charge is 2.41. The van der Waals surface area contributed by atoms with E-state index in [1.807, 2.05) is 0 Å². The lowest BCUT2D eigenvalue weighted by molar-refractivity contribution is -0.0735. The first kappa shape index (κ1) is 13.4. The van der Waals surface area contributed by atoms with Crippen molar-refractivity contribution in [3.05, 3.63) is 0 Å². The molecule has 0 aromatic carbocycles. The molecule has 0 amide bonds. The quantitative estimate of drug-likeness (QED) is 0.767. The molecule has 0 aromatic rings. The van der Waals surface area contributed by atoms with Gasteiger partial charge in [-0.15, -0.1) is 0 Å². The molecule has 1 saturated carbocycles. The average Bonchev–Trinajstić information content (AvgIpc) is 2.82. The van der Waals surface area contributed by atoms with Crippen LogP contribution in [0.25, 0.3) is 0 Å². The van der Waals surface area contributed by atoms with E-state index in [1.165, 1.54) is 51.4 Å². The number of piperidine rings is 1. The lowest BCUT2D eigenvalue weighted by Crippen LogP contribution is -2.41. The number of likely N-dealkylation sites (tertiary alicyclic amines) is 1. The van der Waals surface area contributed by atoms with Crippen molar-refractivity contribution in [2.75, 3.05) is 19.6 Å². The molecule has 19 heavy (non-hydrogen) atoms. The zero-order valence-electron chi connectivity index (χ0n) is 11.9. The number of hydrogen-bond donors (Lipinski definition) is 0. The van der Waals surface area contributed by atoms with Crippen LogP contribution in [-0.4, -0.2) is 36.2 Å². The Morgan fingerprint density at radius 2 is 1.95 bits per heavy atom. The van der Waals surface area contributed by atoms with Crippen molar-refractivity contribution < 1.29 is 4.74 Å². The Balaban J connectivity index is 1.50. The topological polar surface area (TPSA) is 36.3 Å². The van der Waals surface area contributed by atoms with E-state index < -0.39 is 0 Å². The van der Waals surface area contributed by atoms with Gasteiger partial charge in [-0.1, -0.05) is 19.3 Å². The highest BCUT2D eigenvalue weighted by atomic mass is 16.5. The van der Waals surface area contributed by atoms with E-state index in [2.05, 4.69) is 11.0 Å². The predicted octanol–water partition coefficient (Wildman–Crippen LogP) is 3.10. The van der Waals surface area contributed by atoms with Gasteiger partial charge in [0.05, 0.1) is 23.7 Å². The molecule has 2 unspecified atom stereocenters. The number of ether oxygens (including phenoxy) is 1. The Morgan fingerprint density at radius 1 is 1.11 bits per heavy atom. The molecule has 3 fully saturated rings. The Bertz CT molecular complexity index is 343. The van der Waals surface area contributed by atoms with Crippen molar-refractivity contribution in [2.45, 2.75) is 69.5 Å². The van der Waals surface area contributed by atoms with Crippen molar-refractivity contribution in [3.8, 4) is 6.07 Å². The van der Waals surface area contributed by atoms with E-state index in [0.29, 0.717) is 6.10 Å². The summed E-state index contributed by atoms with van der Waals surface area (Å²) in [7, 11) is 0. The lowest BCUT2D eigenvalue weighted by atomic mass is 9.83. The fourth-order valence-corrected chi connectivity index (χ4v) is 4.20. The van der Waals surface area contributed by atoms with Gasteiger partial charge in [-0.2, -0.15) is 5.26 Å². The minimum absolute atomic E-state index is 0.243. The molecule has 0 N–H and O–H groups in total. The third kappa shape index (κ3) is 3.12. The van der Waals surface area contributed by atoms with Crippen molar-refractivity contribution in [1.82, 2.24) is 4.90 Å². The molecule has 2 heterocycles. The highest BCUT2D eigenvalue weighted by molar-refractivity contribution is 4.94. The van der Waals surface area contributed by atoms with Gasteiger partial charge in [0.25, 0.3) is 0 Å². The van der Waals surface area contributed by atoms with Gasteiger partial charge >= 0.3 is 0 Å². The zero-order valence-corrected chi connectivity index (χ0v) is 11.9. The number of nitriles is 1. The molecule has 2 atom stereocenters. The third-order valence-corrected chi connectivity index (χ3v) is 5.25. The van der Waals surface area contributed by atoms with Gasteiger partial charge < -0.3 is 4.74 Å². The minimum atomic E-state index is 0.243. The molecule has 3 aliphatic rings. The van der Waals surface area contributed by atoms with Crippen LogP contribution in [0, 0.1) is 17.2 Å². The van der Waals surface area contributed by atoms with Gasteiger partial charge in [-0.05, 0) is 45.1 Å². The Labute approximate surface area is 116 Å². The SMILES string of the molecule is N#CC1CCCN(CC2CCC3(CCCCC3)O2)C1. The molecular weight excluding hydrogens is 236 g/mol. The molecule has 0 bridgehead atoms. The minimum Gasteiger partial charge on any atom is -0.370 e. The second kappa shape index (κ2) is 5.81. The summed E-state index contributed by atoms with van der Waals surface area (Å²) in [5, 5.41) is 9.06. The van der Waals surface area contributed by atoms with Gasteiger partial charge in [-0.25, -0.2) is 0 Å². The number of rotatable bonds is 2. The monoisotopic (exact) mass is 262 g/mol. The maximum absolute atomic E-state index is 9.06. The lowest BCUT2D eigenvalue weighted by Gasteiger charge is -2.35. The Kier molecular flexibility index (Phi) is 4.10. The molecule has 1 aliphatic carbocycles. The van der Waals surface area contributed by atoms with Crippen LogP contribution in [0.3, 0.4) is 0 Å². The first-order valence-corrected chi connectivity index (χ1v) is 8.09. The maximum Gasteiger partial charge on any atom is 0.0710 e. The van der Waals surface area contributed by atoms with Crippen LogP contribution >= 0.6 is 0 Å². The van der Waals surface area contributed by atoms with Gasteiger partial charge in [0.15, 0.2) is 0 Å². The van der Waals surface area contributed by atoms with Crippen molar-refractivity contribution >= 4 is 0 Å². The molecule has 0 aromatic heterocycles. The molecule has 2 saturated heterocycles. The molecule has 3 rings (SSSR count). The molecule has 3 heteroatoms. The summed E-state index contributed by atoms with van der Waals surface area (Å²) in [6, 6.07) is 2.43. The molecule has 106 valence electrons. The standard InChI is InChI=1S/C16H26N2O/c17-11-14-5-4-10-18(12-14)13-15-6-9-16(19-15)7-2-1-3-8-16/h14-15H,1-10,12-13H2. The van der Waals surface area contributed by atoms with Crippen LogP contribution in [0.15, 0.2) is 0 Å². The smallest absolute Gasteiger partial charge is 0.0710 e. The second-order valence-electron chi connectivity index (χ2n) is 6.75. The van der Waals surface area contributed by atoms with Crippen LogP contribution in [0.4, 0.5) is 0 Å². The van der Waals surface area contributed by atoms with Crippen LogP contribution in [0.1, 0.15) is 57.8 Å². The van der Waals surface area contributed by atoms with Crippen molar-refractivity contribution in [2.24, 2.45) is 5.92 Å². The summed E-state index contributed by atoms with van der Waals surface area (Å²) >= 11 is 0. The molecular formula is C16H26N2O. The summed E-state index contributed by atoms with van der Waals surface area (Å²) in [5.41, 5.74) is 0.243. The van der Waals surface area contributed by atoms with Crippen molar-refractivity contribution in [1.29, 1.82) is 5.26 Å². The summed E-state index contributed by atoms with van der Waals surface area (Å²) in [4.78, 5) is 2.46. The first-order valence-electron chi connectivity index (χ1n) is 8.09. The van der Waals surface area contributed by atoms with Gasteiger partial charge in [-0.3, -0.25) is 4.90 Å². The zero-order chi connectivity index (χ0) is 13.1. The summed E-state index contributed by atoms with van der Waals surface area (Å²) in [6.45, 7) is 3.17. The number of nitrogens with zero attached hydrogens (tertiary/aromatic N) is 2. The summed E-state index contributed by atoms with van der Waals surface area (Å²) < 4.78 is 6.44. The fraction of sp³-hybridized carbons (Fsp3) is 0.938. The van der Waals surface area contributed by atoms with E-state index in [4.69, 9.17) is 10.00 Å². The van der Waals surface area contributed by atoms with E-state index in [9.17, 15) is 0 Å². The van der Waals surface area contributed by atoms with Crippen LogP contribution < -0.4 is 0 Å². The summed E-state index contributed by atoms with van der Waals surface area (Å²) in [5.74, 6) is 0.249. The van der Waals surface area contributed by atoms with Gasteiger partial charge in [0.2, 0.25) is 0 Å². The van der Waals surface area contributed by atoms with Crippen LogP contribution in [-0.2, 0) is 4.74 Å². The fourth-order valence-electron chi connectivity index (χ4n) is 4.20. The Hall–Kier alpha value is -0.590. The van der Waals surface area contributed by atoms with E-state index in [1.54, 1.807) is 0 Å². The Morgan fingerprint density at radius 3 is 2.74 bits per heavy atom. The van der Waals surface area contributed by atoms with Crippen molar-refractivity contribution in [3.63, 3.8) is 0 Å². The first-order chi connectivity index (χ1) is 9.30. The van der Waals surface area contributed by atoms with Gasteiger partial charge in [0.1, 0.15) is 0 Å². The molecule has 3 nitrogen and oxygen atoms in total. The second-order valence-corrected chi connectivity index (χ2v) is 6.75. The maximum atomic E-state index is 9.06. The largest absolute Gasteiger partial charge is 0.370 e. The molecule has 2 aliphatic heterocycles.